The molecule has 0 radical (unpaired) electrons. The Morgan fingerprint density at radius 2 is 2.15 bits per heavy atom. The van der Waals surface area contributed by atoms with E-state index in [-0.39, 0.29) is 11.6 Å². The Kier molecular flexibility index (Phi) is 5.29. The van der Waals surface area contributed by atoms with Crippen LogP contribution in [0.2, 0.25) is 0 Å². The fourth-order valence-electron chi connectivity index (χ4n) is 2.19. The van der Waals surface area contributed by atoms with Crippen molar-refractivity contribution in [2.45, 2.75) is 0 Å². The summed E-state index contributed by atoms with van der Waals surface area (Å²) in [5.41, 5.74) is 1.41. The Morgan fingerprint density at radius 1 is 1.35 bits per heavy atom. The molecule has 0 aliphatic rings. The lowest BCUT2D eigenvalue weighted by Crippen LogP contribution is -2.07. The van der Waals surface area contributed by atoms with Crippen LogP contribution in [0.15, 0.2) is 46.9 Å². The number of ether oxygens (including phenoxy) is 1. The molecule has 132 valence electrons. The summed E-state index contributed by atoms with van der Waals surface area (Å²) in [5.74, 6) is 0.362. The number of halogens is 1. The molecule has 0 aliphatic carbocycles. The SMILES string of the molecule is COc1ccc(/C=C/C(=O)Nc2nc3ccc([N+](=O)[O-])cc3s2)cc1Br. The highest BCUT2D eigenvalue weighted by Crippen LogP contribution is 2.29. The number of amides is 1. The predicted octanol–water partition coefficient (Wildman–Crippen LogP) is 4.63. The van der Waals surface area contributed by atoms with Gasteiger partial charge in [0.15, 0.2) is 5.13 Å². The van der Waals surface area contributed by atoms with E-state index in [0.29, 0.717) is 21.1 Å². The maximum atomic E-state index is 12.1. The first-order valence-electron chi connectivity index (χ1n) is 7.34. The lowest BCUT2D eigenvalue weighted by molar-refractivity contribution is -0.384. The van der Waals surface area contributed by atoms with Gasteiger partial charge in [-0.1, -0.05) is 17.4 Å². The highest BCUT2D eigenvalue weighted by molar-refractivity contribution is 9.10. The summed E-state index contributed by atoms with van der Waals surface area (Å²) in [6.45, 7) is 0. The van der Waals surface area contributed by atoms with Gasteiger partial charge < -0.3 is 4.74 Å². The number of anilines is 1. The number of hydrogen-bond acceptors (Lipinski definition) is 6. The monoisotopic (exact) mass is 433 g/mol. The summed E-state index contributed by atoms with van der Waals surface area (Å²) in [4.78, 5) is 26.7. The zero-order valence-corrected chi connectivity index (χ0v) is 15.8. The van der Waals surface area contributed by atoms with Gasteiger partial charge in [-0.15, -0.1) is 0 Å². The van der Waals surface area contributed by atoms with Crippen molar-refractivity contribution < 1.29 is 14.5 Å². The van der Waals surface area contributed by atoms with Crippen molar-refractivity contribution in [2.75, 3.05) is 12.4 Å². The highest BCUT2D eigenvalue weighted by atomic mass is 79.9. The molecule has 9 heteroatoms. The molecule has 1 amide bonds. The average Bonchev–Trinajstić information content (AvgIpc) is 3.01. The second-order valence-corrected chi connectivity index (χ2v) is 7.03. The number of nitrogens with one attached hydrogen (secondary N) is 1. The maximum Gasteiger partial charge on any atom is 0.270 e. The number of nitro benzene ring substituents is 1. The van der Waals surface area contributed by atoms with Gasteiger partial charge in [-0.05, 0) is 45.8 Å². The predicted molar refractivity (Wildman–Crippen MR) is 105 cm³/mol. The smallest absolute Gasteiger partial charge is 0.270 e. The number of carbonyl (C=O) groups excluding carboxylic acids is 1. The van der Waals surface area contributed by atoms with Crippen molar-refractivity contribution in [2.24, 2.45) is 0 Å². The normalized spacial score (nSPS) is 11.0. The zero-order valence-electron chi connectivity index (χ0n) is 13.4. The third-order valence-electron chi connectivity index (χ3n) is 3.42. The average molecular weight is 434 g/mol. The van der Waals surface area contributed by atoms with Gasteiger partial charge in [0.25, 0.3) is 5.69 Å². The van der Waals surface area contributed by atoms with E-state index in [9.17, 15) is 14.9 Å². The molecule has 0 spiro atoms. The quantitative estimate of drug-likeness (QED) is 0.359. The number of thiazole rings is 1. The Labute approximate surface area is 160 Å². The van der Waals surface area contributed by atoms with Gasteiger partial charge in [-0.3, -0.25) is 20.2 Å². The van der Waals surface area contributed by atoms with E-state index in [1.165, 1.54) is 29.5 Å². The van der Waals surface area contributed by atoms with Gasteiger partial charge in [-0.2, -0.15) is 0 Å². The molecule has 2 aromatic carbocycles. The molecule has 0 saturated carbocycles. The maximum absolute atomic E-state index is 12.1. The van der Waals surface area contributed by atoms with Crippen molar-refractivity contribution in [3.8, 4) is 5.75 Å². The summed E-state index contributed by atoms with van der Waals surface area (Å²) >= 11 is 4.57. The van der Waals surface area contributed by atoms with E-state index in [4.69, 9.17) is 4.74 Å². The molecule has 0 saturated heterocycles. The van der Waals surface area contributed by atoms with Crippen LogP contribution < -0.4 is 10.1 Å². The Morgan fingerprint density at radius 3 is 2.85 bits per heavy atom. The van der Waals surface area contributed by atoms with E-state index in [1.54, 1.807) is 25.3 Å². The van der Waals surface area contributed by atoms with Crippen LogP contribution in [0.4, 0.5) is 10.8 Å². The topological polar surface area (TPSA) is 94.4 Å². The molecular weight excluding hydrogens is 422 g/mol. The summed E-state index contributed by atoms with van der Waals surface area (Å²) in [5, 5.41) is 13.9. The van der Waals surface area contributed by atoms with Gasteiger partial charge in [0.2, 0.25) is 5.91 Å². The van der Waals surface area contributed by atoms with E-state index in [0.717, 1.165) is 10.0 Å². The largest absolute Gasteiger partial charge is 0.496 e. The summed E-state index contributed by atoms with van der Waals surface area (Å²) in [7, 11) is 1.58. The van der Waals surface area contributed by atoms with Crippen molar-refractivity contribution in [1.82, 2.24) is 4.98 Å². The standard InChI is InChI=1S/C17H12BrN3O4S/c1-25-14-6-2-10(8-12(14)18)3-7-16(22)20-17-19-13-5-4-11(21(23)24)9-15(13)26-17/h2-9H,1H3,(H,19,20,22)/b7-3+. The fraction of sp³-hybridized carbons (Fsp3) is 0.0588. The van der Waals surface area contributed by atoms with E-state index >= 15 is 0 Å². The first-order valence-corrected chi connectivity index (χ1v) is 8.95. The molecule has 0 fully saturated rings. The Balaban J connectivity index is 1.72. The third kappa shape index (κ3) is 4.06. The number of non-ortho nitro benzene ring substituents is 1. The van der Waals surface area contributed by atoms with Crippen LogP contribution in [0, 0.1) is 10.1 Å². The Bertz CT molecular complexity index is 1030. The minimum Gasteiger partial charge on any atom is -0.496 e. The van der Waals surface area contributed by atoms with Crippen molar-refractivity contribution in [3.63, 3.8) is 0 Å². The van der Waals surface area contributed by atoms with Crippen LogP contribution in [-0.2, 0) is 4.79 Å². The molecule has 7 nitrogen and oxygen atoms in total. The third-order valence-corrected chi connectivity index (χ3v) is 4.97. The number of hydrogen-bond donors (Lipinski definition) is 1. The molecule has 1 heterocycles. The Hall–Kier alpha value is -2.78. The number of rotatable bonds is 5. The van der Waals surface area contributed by atoms with Crippen molar-refractivity contribution >= 4 is 60.3 Å². The summed E-state index contributed by atoms with van der Waals surface area (Å²) < 4.78 is 6.58. The van der Waals surface area contributed by atoms with Crippen LogP contribution in [0.1, 0.15) is 5.56 Å². The van der Waals surface area contributed by atoms with Crippen LogP contribution in [0.3, 0.4) is 0 Å². The molecule has 0 atom stereocenters. The molecule has 3 rings (SSSR count). The minimum absolute atomic E-state index is 0.0102. The minimum atomic E-state index is -0.465. The van der Waals surface area contributed by atoms with Crippen LogP contribution >= 0.6 is 27.3 Å². The first-order chi connectivity index (χ1) is 12.5. The van der Waals surface area contributed by atoms with Crippen LogP contribution in [-0.4, -0.2) is 22.9 Å². The number of fused-ring (bicyclic) bond motifs is 1. The molecular formula is C17H12BrN3O4S. The van der Waals surface area contributed by atoms with Gasteiger partial charge in [0.1, 0.15) is 5.75 Å². The van der Waals surface area contributed by atoms with Gasteiger partial charge in [0.05, 0.1) is 26.7 Å². The lowest BCUT2D eigenvalue weighted by atomic mass is 10.2. The summed E-state index contributed by atoms with van der Waals surface area (Å²) in [6.07, 6.45) is 3.06. The van der Waals surface area contributed by atoms with Gasteiger partial charge >= 0.3 is 0 Å². The van der Waals surface area contributed by atoms with E-state index < -0.39 is 4.92 Å². The van der Waals surface area contributed by atoms with Crippen LogP contribution in [0.5, 0.6) is 5.75 Å². The number of methoxy groups -OCH3 is 1. The summed E-state index contributed by atoms with van der Waals surface area (Å²) in [6, 6.07) is 9.83. The number of aromatic nitrogens is 1. The number of nitrogens with zero attached hydrogens (tertiary/aromatic N) is 2. The van der Waals surface area contributed by atoms with E-state index in [2.05, 4.69) is 26.2 Å². The molecule has 0 aliphatic heterocycles. The second-order valence-electron chi connectivity index (χ2n) is 5.14. The number of carbonyl (C=O) groups is 1. The van der Waals surface area contributed by atoms with Gasteiger partial charge in [0, 0.05) is 18.2 Å². The lowest BCUT2D eigenvalue weighted by Gasteiger charge is -2.03. The van der Waals surface area contributed by atoms with Crippen LogP contribution in [0.25, 0.3) is 16.3 Å². The van der Waals surface area contributed by atoms with Crippen molar-refractivity contribution in [1.29, 1.82) is 0 Å². The number of benzene rings is 2. The molecule has 0 unspecified atom stereocenters. The highest BCUT2D eigenvalue weighted by Gasteiger charge is 2.11. The zero-order chi connectivity index (χ0) is 18.7. The first kappa shape index (κ1) is 18.0. The fourth-order valence-corrected chi connectivity index (χ4v) is 3.65. The number of nitro groups is 1. The molecule has 26 heavy (non-hydrogen) atoms. The molecule has 0 bridgehead atoms. The van der Waals surface area contributed by atoms with Gasteiger partial charge in [-0.25, -0.2) is 4.98 Å². The van der Waals surface area contributed by atoms with Crippen molar-refractivity contribution in [3.05, 3.63) is 62.6 Å². The molecule has 3 aromatic rings. The van der Waals surface area contributed by atoms with E-state index in [1.807, 2.05) is 12.1 Å². The second kappa shape index (κ2) is 7.63. The molecule has 1 aromatic heterocycles. The molecule has 1 N–H and O–H groups in total.